The molecule has 0 aliphatic heterocycles. The average Bonchev–Trinajstić information content (AvgIpc) is 1.92. The molecule has 0 unspecified atom stereocenters. The summed E-state index contributed by atoms with van der Waals surface area (Å²) in [5, 5.41) is 27.6. The Hall–Kier alpha value is -0.873. The molecule has 0 amide bonds. The zero-order valence-electron chi connectivity index (χ0n) is 6.40. The van der Waals surface area contributed by atoms with Crippen molar-refractivity contribution in [2.75, 3.05) is 0 Å². The Morgan fingerprint density at radius 2 is 0.500 bits per heavy atom. The molecule has 0 spiro atoms. The van der Waals surface area contributed by atoms with E-state index in [-0.39, 0.29) is 64.8 Å². The van der Waals surface area contributed by atoms with Gasteiger partial charge in [0.15, 0.2) is 0 Å². The Labute approximate surface area is 104 Å². The molecule has 0 saturated heterocycles. The molecule has 2 radical (unpaired) electrons. The van der Waals surface area contributed by atoms with Crippen molar-refractivity contribution in [1.82, 2.24) is 0 Å². The van der Waals surface area contributed by atoms with E-state index in [0.29, 0.717) is 0 Å². The van der Waals surface area contributed by atoms with E-state index in [0.717, 1.165) is 0 Å². The molecular weight excluding hydrogens is 382 g/mol. The molecule has 0 aromatic heterocycles. The van der Waals surface area contributed by atoms with Crippen molar-refractivity contribution in [1.29, 1.82) is 0 Å². The summed E-state index contributed by atoms with van der Waals surface area (Å²) in [6.07, 6.45) is 0. The zero-order valence-corrected chi connectivity index (χ0v) is 9.68. The number of hydrogen-bond acceptors (Lipinski definition) is 4. The molecule has 8 nitrogen and oxygen atoms in total. The fraction of sp³-hybridized carbons (Fsp3) is 0. The van der Waals surface area contributed by atoms with Gasteiger partial charge in [0.05, 0.1) is 0 Å². The maximum Gasteiger partial charge on any atom is 0.290 e. The Bertz CT molecular complexity index is 73.3. The van der Waals surface area contributed by atoms with Gasteiger partial charge < -0.3 is 20.4 Å². The van der Waals surface area contributed by atoms with Gasteiger partial charge in [0.2, 0.25) is 0 Å². The van der Waals surface area contributed by atoms with Crippen molar-refractivity contribution in [2.24, 2.45) is 0 Å². The second kappa shape index (κ2) is 154. The van der Waals surface area contributed by atoms with Crippen molar-refractivity contribution < 1.29 is 78.6 Å². The van der Waals surface area contributed by atoms with Gasteiger partial charge in [-0.3, -0.25) is 19.2 Å². The van der Waals surface area contributed by atoms with E-state index in [9.17, 15) is 0 Å². The van der Waals surface area contributed by atoms with Crippen LogP contribution in [0.4, 0.5) is 0 Å². The quantitative estimate of drug-likeness (QED) is 0.298. The van der Waals surface area contributed by atoms with Crippen LogP contribution in [0.1, 0.15) is 0 Å². The molecule has 0 aliphatic rings. The molecule has 0 atom stereocenters. The predicted molar refractivity (Wildman–Crippen MR) is 34.8 cm³/mol. The fourth-order valence-corrected chi connectivity index (χ4v) is 0. The summed E-state index contributed by atoms with van der Waals surface area (Å²) >= 11 is 0. The molecule has 0 heterocycles. The topological polar surface area (TPSA) is 149 Å². The second-order valence-electron chi connectivity index (χ2n) is 0.422. The van der Waals surface area contributed by atoms with Crippen LogP contribution in [0, 0.1) is 0 Å². The van der Waals surface area contributed by atoms with Crippen LogP contribution in [0.5, 0.6) is 0 Å². The van der Waals surface area contributed by atoms with Crippen LogP contribution in [0.15, 0.2) is 0 Å². The van der Waals surface area contributed by atoms with Gasteiger partial charge >= 0.3 is 0 Å². The van der Waals surface area contributed by atoms with Crippen LogP contribution in [0.2, 0.25) is 0 Å². The van der Waals surface area contributed by atoms with Crippen molar-refractivity contribution in [3.63, 3.8) is 0 Å². The summed E-state index contributed by atoms with van der Waals surface area (Å²) < 4.78 is 0. The standard InChI is InChI=1S/4CH2O2.2Rh/c4*2-1-3;;/h4*1H,(H,2,3);;. The molecule has 0 aromatic rings. The molecule has 0 rings (SSSR count). The van der Waals surface area contributed by atoms with Crippen LogP contribution in [0.3, 0.4) is 0 Å². The van der Waals surface area contributed by atoms with Crippen molar-refractivity contribution in [3.8, 4) is 0 Å². The molecule has 0 aliphatic carbocycles. The molecule has 14 heavy (non-hydrogen) atoms. The van der Waals surface area contributed by atoms with Crippen LogP contribution in [-0.4, -0.2) is 46.3 Å². The van der Waals surface area contributed by atoms with Gasteiger partial charge in [0, 0.05) is 39.0 Å². The Kier molecular flexibility index (Phi) is 417. The largest absolute Gasteiger partial charge is 0.483 e. The van der Waals surface area contributed by atoms with Crippen LogP contribution in [-0.2, 0) is 58.1 Å². The Balaban J connectivity index is -0.0000000145. The van der Waals surface area contributed by atoms with Crippen molar-refractivity contribution in [3.05, 3.63) is 0 Å². The van der Waals surface area contributed by atoms with Gasteiger partial charge in [-0.05, 0) is 0 Å². The van der Waals surface area contributed by atoms with E-state index in [2.05, 4.69) is 0 Å². The number of rotatable bonds is 0. The van der Waals surface area contributed by atoms with Gasteiger partial charge in [-0.2, -0.15) is 0 Å². The van der Waals surface area contributed by atoms with E-state index in [1.54, 1.807) is 0 Å². The minimum absolute atomic E-state index is 0. The molecule has 4 N–H and O–H groups in total. The summed E-state index contributed by atoms with van der Waals surface area (Å²) in [7, 11) is 0. The molecular formula is C4H8O8Rh2. The van der Waals surface area contributed by atoms with Gasteiger partial charge in [-0.25, -0.2) is 0 Å². The van der Waals surface area contributed by atoms with Gasteiger partial charge in [-0.1, -0.05) is 0 Å². The monoisotopic (exact) mass is 390 g/mol. The minimum Gasteiger partial charge on any atom is -0.483 e. The van der Waals surface area contributed by atoms with Gasteiger partial charge in [-0.15, -0.1) is 0 Å². The molecule has 0 saturated carbocycles. The fourth-order valence-electron chi connectivity index (χ4n) is 0. The third-order valence-corrected chi connectivity index (χ3v) is 0. The molecule has 10 heteroatoms. The first-order chi connectivity index (χ1) is 5.66. The van der Waals surface area contributed by atoms with Gasteiger partial charge in [0.1, 0.15) is 0 Å². The van der Waals surface area contributed by atoms with Crippen molar-refractivity contribution >= 4 is 25.9 Å². The van der Waals surface area contributed by atoms with E-state index in [1.807, 2.05) is 0 Å². The number of hydrogen-bond donors (Lipinski definition) is 4. The first kappa shape index (κ1) is 38.0. The van der Waals surface area contributed by atoms with E-state index < -0.39 is 0 Å². The summed E-state index contributed by atoms with van der Waals surface area (Å²) in [6.45, 7) is -1.00. The first-order valence-electron chi connectivity index (χ1n) is 1.98. The predicted octanol–water partition coefficient (Wildman–Crippen LogP) is -1.20. The summed E-state index contributed by atoms with van der Waals surface area (Å²) in [5.74, 6) is 0. The summed E-state index contributed by atoms with van der Waals surface area (Å²) in [4.78, 5) is 33.4. The Morgan fingerprint density at radius 3 is 0.500 bits per heavy atom. The molecule has 0 fully saturated rings. The summed E-state index contributed by atoms with van der Waals surface area (Å²) in [6, 6.07) is 0. The first-order valence-corrected chi connectivity index (χ1v) is 1.98. The third-order valence-electron chi connectivity index (χ3n) is 0. The maximum absolute atomic E-state index is 8.36. The van der Waals surface area contributed by atoms with E-state index >= 15 is 0 Å². The van der Waals surface area contributed by atoms with Crippen LogP contribution >= 0.6 is 0 Å². The van der Waals surface area contributed by atoms with Crippen LogP contribution in [0.25, 0.3) is 0 Å². The Morgan fingerprint density at radius 1 is 0.500 bits per heavy atom. The van der Waals surface area contributed by atoms with Crippen LogP contribution < -0.4 is 0 Å². The normalized spacial score (nSPS) is 3.43. The third kappa shape index (κ3) is 1500. The average molecular weight is 390 g/mol. The zero-order chi connectivity index (χ0) is 10.8. The number of carboxylic acid groups (broad SMARTS) is 4. The van der Waals surface area contributed by atoms with Crippen molar-refractivity contribution in [2.45, 2.75) is 0 Å². The molecule has 90 valence electrons. The van der Waals surface area contributed by atoms with E-state index in [1.165, 1.54) is 0 Å². The summed E-state index contributed by atoms with van der Waals surface area (Å²) in [5.41, 5.74) is 0. The molecule has 0 aromatic carbocycles. The smallest absolute Gasteiger partial charge is 0.290 e. The SMILES string of the molecule is O=CO.O=CO.O=CO.O=CO.[Rh].[Rh]. The van der Waals surface area contributed by atoms with Gasteiger partial charge in [0.25, 0.3) is 25.9 Å². The minimum atomic E-state index is -0.250. The molecule has 0 bridgehead atoms. The second-order valence-corrected chi connectivity index (χ2v) is 0.422. The maximum atomic E-state index is 8.36. The number of carbonyl (C=O) groups is 4. The van der Waals surface area contributed by atoms with E-state index in [4.69, 9.17) is 39.6 Å².